The number of rotatable bonds is 1. The second-order valence-electron chi connectivity index (χ2n) is 1.55. The van der Waals surface area contributed by atoms with E-state index >= 15 is 0 Å². The second kappa shape index (κ2) is 4.12. The van der Waals surface area contributed by atoms with E-state index in [2.05, 4.69) is 4.98 Å². The van der Waals surface area contributed by atoms with Crippen molar-refractivity contribution in [3.05, 3.63) is 30.1 Å². The Bertz CT molecular complexity index is 212. The molecule has 1 N–H and O–H groups in total. The normalized spacial score (nSPS) is 8.00. The van der Waals surface area contributed by atoms with Gasteiger partial charge in [0.05, 0.1) is 5.56 Å². The molecule has 0 saturated carbocycles. The molecule has 1 rings (SSSR count). The zero-order chi connectivity index (χ0) is 6.69. The first-order chi connectivity index (χ1) is 4.30. The van der Waals surface area contributed by atoms with Crippen LogP contribution in [0.5, 0.6) is 0 Å². The van der Waals surface area contributed by atoms with Crippen molar-refractivity contribution >= 4 is 5.97 Å². The number of aromatic carboxylic acids is 1. The summed E-state index contributed by atoms with van der Waals surface area (Å²) in [5, 5.41) is 8.34. The van der Waals surface area contributed by atoms with Gasteiger partial charge in [0, 0.05) is 31.9 Å². The van der Waals surface area contributed by atoms with Gasteiger partial charge in [0.15, 0.2) is 0 Å². The minimum atomic E-state index is -0.942. The summed E-state index contributed by atoms with van der Waals surface area (Å²) in [7, 11) is 0. The molecule has 0 aromatic carbocycles. The molecule has 1 aromatic rings. The van der Waals surface area contributed by atoms with Gasteiger partial charge < -0.3 is 5.11 Å². The maximum Gasteiger partial charge on any atom is 0.337 e. The Labute approximate surface area is 70.9 Å². The second-order valence-corrected chi connectivity index (χ2v) is 1.55. The van der Waals surface area contributed by atoms with E-state index in [1.54, 1.807) is 6.07 Å². The van der Waals surface area contributed by atoms with Gasteiger partial charge in [-0.05, 0) is 12.1 Å². The molecule has 1 aromatic heterocycles. The molecule has 0 atom stereocenters. The number of carboxylic acids is 1. The summed E-state index contributed by atoms with van der Waals surface area (Å²) in [6, 6.07) is 3.08. The zero-order valence-corrected chi connectivity index (χ0v) is 8.29. The van der Waals surface area contributed by atoms with Crippen LogP contribution in [0.25, 0.3) is 0 Å². The fraction of sp³-hybridized carbons (Fsp3) is 0. The average Bonchev–Trinajstić information content (AvgIpc) is 1.90. The molecule has 0 amide bonds. The molecule has 0 aliphatic rings. The smallest absolute Gasteiger partial charge is 0.337 e. The molecule has 0 unspecified atom stereocenters. The van der Waals surface area contributed by atoms with Crippen molar-refractivity contribution in [3.8, 4) is 0 Å². The first-order valence-electron chi connectivity index (χ1n) is 2.44. The molecule has 1 heterocycles. The number of hydrogen-bond donors (Lipinski definition) is 1. The summed E-state index contributed by atoms with van der Waals surface area (Å²) >= 11 is 0. The van der Waals surface area contributed by atoms with Gasteiger partial charge in [0.25, 0.3) is 0 Å². The average molecular weight is 189 g/mol. The monoisotopic (exact) mass is 187 g/mol. The van der Waals surface area contributed by atoms with E-state index < -0.39 is 5.97 Å². The van der Waals surface area contributed by atoms with Crippen LogP contribution in [-0.2, 0) is 19.5 Å². The Morgan fingerprint density at radius 2 is 2.30 bits per heavy atom. The van der Waals surface area contributed by atoms with Crippen molar-refractivity contribution in [3.63, 3.8) is 0 Å². The van der Waals surface area contributed by atoms with E-state index in [1.165, 1.54) is 18.5 Å². The summed E-state index contributed by atoms with van der Waals surface area (Å²) in [5.41, 5.74) is 0.220. The number of aromatic nitrogens is 1. The maximum atomic E-state index is 10.2. The predicted octanol–water partition coefficient (Wildman–Crippen LogP) is 0.777. The van der Waals surface area contributed by atoms with Crippen molar-refractivity contribution in [1.82, 2.24) is 4.98 Å². The fourth-order valence-electron chi connectivity index (χ4n) is 0.489. The third-order valence-corrected chi connectivity index (χ3v) is 0.908. The third kappa shape index (κ3) is 2.23. The van der Waals surface area contributed by atoms with Gasteiger partial charge >= 0.3 is 5.97 Å². The molecule has 0 spiro atoms. The van der Waals surface area contributed by atoms with Crippen LogP contribution in [0.1, 0.15) is 10.4 Å². The molecule has 4 heteroatoms. The number of nitrogens with zero attached hydrogens (tertiary/aromatic N) is 1. The number of pyridine rings is 1. The largest absolute Gasteiger partial charge is 0.478 e. The van der Waals surface area contributed by atoms with E-state index in [0.29, 0.717) is 0 Å². The Morgan fingerprint density at radius 1 is 1.60 bits per heavy atom. The zero-order valence-electron chi connectivity index (χ0n) is 5.32. The number of hydrogen-bond acceptors (Lipinski definition) is 2. The van der Waals surface area contributed by atoms with Crippen LogP contribution in [0.3, 0.4) is 0 Å². The Balaban J connectivity index is 0.000000810. The van der Waals surface area contributed by atoms with Gasteiger partial charge in [0.1, 0.15) is 0 Å². The molecular formula is C6H5NO2Zn. The molecule has 0 radical (unpaired) electrons. The Hall–Kier alpha value is -0.757. The molecule has 3 nitrogen and oxygen atoms in total. The standard InChI is InChI=1S/C6H5NO2.Zn/c8-6(9)5-2-1-3-7-4-5;/h1-4H,(H,8,9);. The topological polar surface area (TPSA) is 50.2 Å². The summed E-state index contributed by atoms with van der Waals surface area (Å²) in [6.07, 6.45) is 2.84. The van der Waals surface area contributed by atoms with Crippen LogP contribution < -0.4 is 0 Å². The summed E-state index contributed by atoms with van der Waals surface area (Å²) in [5.74, 6) is -0.942. The summed E-state index contributed by atoms with van der Waals surface area (Å²) in [4.78, 5) is 13.8. The molecule has 0 aliphatic heterocycles. The van der Waals surface area contributed by atoms with Crippen molar-refractivity contribution in [2.45, 2.75) is 0 Å². The number of carboxylic acid groups (broad SMARTS) is 1. The first-order valence-corrected chi connectivity index (χ1v) is 2.44. The summed E-state index contributed by atoms with van der Waals surface area (Å²) in [6.45, 7) is 0. The van der Waals surface area contributed by atoms with Crippen molar-refractivity contribution in [2.24, 2.45) is 0 Å². The van der Waals surface area contributed by atoms with Gasteiger partial charge in [-0.2, -0.15) is 0 Å². The fourth-order valence-corrected chi connectivity index (χ4v) is 0.489. The maximum absolute atomic E-state index is 10.2. The Kier molecular flexibility index (Phi) is 3.81. The first kappa shape index (κ1) is 9.24. The van der Waals surface area contributed by atoms with E-state index in [1.807, 2.05) is 0 Å². The van der Waals surface area contributed by atoms with Crippen molar-refractivity contribution < 1.29 is 29.4 Å². The van der Waals surface area contributed by atoms with Crippen LogP contribution in [0, 0.1) is 0 Å². The summed E-state index contributed by atoms with van der Waals surface area (Å²) < 4.78 is 0. The van der Waals surface area contributed by atoms with E-state index in [9.17, 15) is 4.79 Å². The Morgan fingerprint density at radius 3 is 2.60 bits per heavy atom. The van der Waals surface area contributed by atoms with Crippen molar-refractivity contribution in [2.75, 3.05) is 0 Å². The van der Waals surface area contributed by atoms with Crippen LogP contribution in [0.4, 0.5) is 0 Å². The van der Waals surface area contributed by atoms with Crippen molar-refractivity contribution in [1.29, 1.82) is 0 Å². The van der Waals surface area contributed by atoms with Gasteiger partial charge in [-0.15, -0.1) is 0 Å². The van der Waals surface area contributed by atoms with Crippen LogP contribution in [0.15, 0.2) is 24.5 Å². The predicted molar refractivity (Wildman–Crippen MR) is 31.2 cm³/mol. The van der Waals surface area contributed by atoms with Gasteiger partial charge in [-0.25, -0.2) is 4.79 Å². The minimum Gasteiger partial charge on any atom is -0.478 e. The van der Waals surface area contributed by atoms with Gasteiger partial charge in [-0.3, -0.25) is 4.98 Å². The third-order valence-electron chi connectivity index (χ3n) is 0.908. The van der Waals surface area contributed by atoms with Crippen LogP contribution in [-0.4, -0.2) is 16.1 Å². The molecule has 0 aliphatic carbocycles. The van der Waals surface area contributed by atoms with E-state index in [-0.39, 0.29) is 25.0 Å². The molecule has 48 valence electrons. The molecule has 0 saturated heterocycles. The molecular weight excluding hydrogens is 183 g/mol. The van der Waals surface area contributed by atoms with Gasteiger partial charge in [0.2, 0.25) is 0 Å². The quantitative estimate of drug-likeness (QED) is 0.663. The van der Waals surface area contributed by atoms with Crippen LogP contribution >= 0.6 is 0 Å². The SMILES string of the molecule is O=C(O)c1cccnc1.[Zn]. The molecule has 10 heavy (non-hydrogen) atoms. The van der Waals surface area contributed by atoms with Gasteiger partial charge in [-0.1, -0.05) is 0 Å². The van der Waals surface area contributed by atoms with E-state index in [0.717, 1.165) is 0 Å². The minimum absolute atomic E-state index is 0. The number of carbonyl (C=O) groups is 1. The van der Waals surface area contributed by atoms with Crippen LogP contribution in [0.2, 0.25) is 0 Å². The molecule has 0 bridgehead atoms. The molecule has 0 fully saturated rings. The van der Waals surface area contributed by atoms with E-state index in [4.69, 9.17) is 5.11 Å².